The Labute approximate surface area is 200 Å². The molecule has 178 valence electrons. The molecule has 3 aliphatic rings. The first-order valence-corrected chi connectivity index (χ1v) is 13.0. The largest absolute Gasteiger partial charge is 0.496 e. The fourth-order valence-corrected chi connectivity index (χ4v) is 6.55. The number of aromatic nitrogens is 3. The van der Waals surface area contributed by atoms with E-state index < -0.39 is 0 Å². The Morgan fingerprint density at radius 2 is 2.12 bits per heavy atom. The molecule has 2 aliphatic heterocycles. The van der Waals surface area contributed by atoms with Crippen molar-refractivity contribution in [2.45, 2.75) is 49.1 Å². The van der Waals surface area contributed by atoms with Crippen LogP contribution in [-0.2, 0) is 17.2 Å². The SMILES string of the molecule is COc1ccc(C23CC2CN(CCCSc2nnc(C4CCOCC4)n2C)C3)cc1C(C)=O. The van der Waals surface area contributed by atoms with E-state index >= 15 is 0 Å². The topological polar surface area (TPSA) is 69.5 Å². The minimum absolute atomic E-state index is 0.0675. The molecule has 3 fully saturated rings. The molecule has 7 nitrogen and oxygen atoms in total. The number of piperidine rings is 1. The zero-order valence-corrected chi connectivity index (χ0v) is 20.7. The van der Waals surface area contributed by atoms with Crippen molar-refractivity contribution in [1.29, 1.82) is 0 Å². The quantitative estimate of drug-likeness (QED) is 0.315. The van der Waals surface area contributed by atoms with E-state index in [1.54, 1.807) is 14.0 Å². The number of ether oxygens (including phenoxy) is 2. The summed E-state index contributed by atoms with van der Waals surface area (Å²) in [7, 11) is 3.72. The number of Topliss-reactive ketones (excluding diaryl/α,β-unsaturated/α-hetero) is 1. The Morgan fingerprint density at radius 3 is 2.88 bits per heavy atom. The number of fused-ring (bicyclic) bond motifs is 1. The normalized spacial score (nSPS) is 25.2. The molecule has 2 saturated heterocycles. The molecular formula is C25H34N4O3S. The van der Waals surface area contributed by atoms with Crippen LogP contribution in [0.4, 0.5) is 0 Å². The van der Waals surface area contributed by atoms with Crippen molar-refractivity contribution in [3.05, 3.63) is 35.2 Å². The molecule has 1 saturated carbocycles. The lowest BCUT2D eigenvalue weighted by atomic mass is 9.92. The lowest BCUT2D eigenvalue weighted by molar-refractivity contribution is 0.0828. The third-order valence-corrected chi connectivity index (χ3v) is 8.78. The van der Waals surface area contributed by atoms with Gasteiger partial charge < -0.3 is 18.9 Å². The number of benzene rings is 1. The van der Waals surface area contributed by atoms with E-state index in [1.807, 2.05) is 17.8 Å². The molecule has 0 amide bonds. The highest BCUT2D eigenvalue weighted by Gasteiger charge is 2.60. The third kappa shape index (κ3) is 4.45. The van der Waals surface area contributed by atoms with Crippen molar-refractivity contribution < 1.29 is 14.3 Å². The van der Waals surface area contributed by atoms with Crippen LogP contribution in [0.3, 0.4) is 0 Å². The first kappa shape index (κ1) is 22.9. The molecule has 1 aromatic carbocycles. The molecule has 3 heterocycles. The van der Waals surface area contributed by atoms with Crippen molar-refractivity contribution in [3.63, 3.8) is 0 Å². The van der Waals surface area contributed by atoms with Crippen LogP contribution in [0.1, 0.15) is 60.3 Å². The molecule has 2 atom stereocenters. The van der Waals surface area contributed by atoms with Gasteiger partial charge in [0.2, 0.25) is 0 Å². The molecule has 0 spiro atoms. The maximum Gasteiger partial charge on any atom is 0.190 e. The molecule has 0 bridgehead atoms. The van der Waals surface area contributed by atoms with Gasteiger partial charge in [0, 0.05) is 50.4 Å². The molecule has 2 unspecified atom stereocenters. The standard InChI is InChI=1S/C25H34N4O3S/c1-17(30)21-13-19(5-6-22(21)31-3)25-14-20(25)15-29(16-25)9-4-12-33-24-27-26-23(28(24)2)18-7-10-32-11-8-18/h5-6,13,18,20H,4,7-12,14-16H2,1-3H3. The molecule has 0 radical (unpaired) electrons. The van der Waals surface area contributed by atoms with Gasteiger partial charge in [0.1, 0.15) is 11.6 Å². The van der Waals surface area contributed by atoms with E-state index in [0.717, 1.165) is 68.8 Å². The van der Waals surface area contributed by atoms with E-state index in [2.05, 4.69) is 38.8 Å². The fourth-order valence-electron chi connectivity index (χ4n) is 5.71. The summed E-state index contributed by atoms with van der Waals surface area (Å²) >= 11 is 1.81. The first-order chi connectivity index (χ1) is 16.0. The Morgan fingerprint density at radius 1 is 1.30 bits per heavy atom. The predicted octanol–water partition coefficient (Wildman–Crippen LogP) is 3.68. The van der Waals surface area contributed by atoms with Gasteiger partial charge in [-0.2, -0.15) is 0 Å². The number of rotatable bonds is 9. The summed E-state index contributed by atoms with van der Waals surface area (Å²) < 4.78 is 13.0. The number of carbonyl (C=O) groups is 1. The van der Waals surface area contributed by atoms with E-state index in [-0.39, 0.29) is 11.2 Å². The summed E-state index contributed by atoms with van der Waals surface area (Å²) in [6.07, 6.45) is 4.44. The van der Waals surface area contributed by atoms with Gasteiger partial charge in [-0.25, -0.2) is 0 Å². The lowest BCUT2D eigenvalue weighted by Gasteiger charge is -2.22. The number of ketones is 1. The van der Waals surface area contributed by atoms with Gasteiger partial charge in [0.15, 0.2) is 10.9 Å². The van der Waals surface area contributed by atoms with Crippen molar-refractivity contribution in [2.24, 2.45) is 13.0 Å². The third-order valence-electron chi connectivity index (χ3n) is 7.67. The van der Waals surface area contributed by atoms with Crippen molar-refractivity contribution in [1.82, 2.24) is 19.7 Å². The smallest absolute Gasteiger partial charge is 0.190 e. The minimum Gasteiger partial charge on any atom is -0.496 e. The van der Waals surface area contributed by atoms with Crippen LogP contribution in [-0.4, -0.2) is 71.2 Å². The van der Waals surface area contributed by atoms with Crippen LogP contribution in [0.5, 0.6) is 5.75 Å². The highest BCUT2D eigenvalue weighted by Crippen LogP contribution is 2.59. The predicted molar refractivity (Wildman–Crippen MR) is 128 cm³/mol. The summed E-state index contributed by atoms with van der Waals surface area (Å²) in [6, 6.07) is 6.20. The van der Waals surface area contributed by atoms with E-state index in [4.69, 9.17) is 9.47 Å². The van der Waals surface area contributed by atoms with Gasteiger partial charge in [-0.15, -0.1) is 10.2 Å². The summed E-state index contributed by atoms with van der Waals surface area (Å²) in [5, 5.41) is 9.95. The maximum absolute atomic E-state index is 12.1. The number of hydrogen-bond donors (Lipinski definition) is 0. The Balaban J connectivity index is 1.13. The fraction of sp³-hybridized carbons (Fsp3) is 0.640. The molecule has 2 aromatic rings. The van der Waals surface area contributed by atoms with Crippen LogP contribution >= 0.6 is 11.8 Å². The Bertz CT molecular complexity index is 1020. The Hall–Kier alpha value is -1.90. The molecule has 5 rings (SSSR count). The van der Waals surface area contributed by atoms with Gasteiger partial charge in [0.05, 0.1) is 12.7 Å². The average Bonchev–Trinajstić information content (AvgIpc) is 3.21. The van der Waals surface area contributed by atoms with Gasteiger partial charge in [0.25, 0.3) is 0 Å². The molecule has 33 heavy (non-hydrogen) atoms. The van der Waals surface area contributed by atoms with Crippen LogP contribution in [0, 0.1) is 5.92 Å². The maximum atomic E-state index is 12.1. The number of methoxy groups -OCH3 is 1. The average molecular weight is 471 g/mol. The molecular weight excluding hydrogens is 436 g/mol. The lowest BCUT2D eigenvalue weighted by Crippen LogP contribution is -2.28. The van der Waals surface area contributed by atoms with Gasteiger partial charge in [-0.3, -0.25) is 4.79 Å². The van der Waals surface area contributed by atoms with E-state index in [1.165, 1.54) is 12.0 Å². The second-order valence-electron chi connectivity index (χ2n) is 9.75. The molecule has 8 heteroatoms. The zero-order chi connectivity index (χ0) is 23.0. The van der Waals surface area contributed by atoms with Gasteiger partial charge >= 0.3 is 0 Å². The highest BCUT2D eigenvalue weighted by atomic mass is 32.2. The number of hydrogen-bond acceptors (Lipinski definition) is 7. The molecule has 0 N–H and O–H groups in total. The minimum atomic E-state index is 0.0675. The number of nitrogens with zero attached hydrogens (tertiary/aromatic N) is 4. The molecule has 1 aliphatic carbocycles. The number of thioether (sulfide) groups is 1. The van der Waals surface area contributed by atoms with Gasteiger partial charge in [-0.05, 0) is 62.8 Å². The molecule has 1 aromatic heterocycles. The second-order valence-corrected chi connectivity index (χ2v) is 10.8. The summed E-state index contributed by atoms with van der Waals surface area (Å²) in [5.74, 6) is 4.07. The van der Waals surface area contributed by atoms with Gasteiger partial charge in [-0.1, -0.05) is 17.8 Å². The van der Waals surface area contributed by atoms with Crippen LogP contribution in [0.15, 0.2) is 23.4 Å². The van der Waals surface area contributed by atoms with Crippen LogP contribution in [0.25, 0.3) is 0 Å². The van der Waals surface area contributed by atoms with Crippen molar-refractivity contribution in [3.8, 4) is 5.75 Å². The van der Waals surface area contributed by atoms with Crippen LogP contribution in [0.2, 0.25) is 0 Å². The summed E-state index contributed by atoms with van der Waals surface area (Å²) in [6.45, 7) is 6.61. The zero-order valence-electron chi connectivity index (χ0n) is 19.9. The number of carbonyl (C=O) groups excluding carboxylic acids is 1. The van der Waals surface area contributed by atoms with E-state index in [0.29, 0.717) is 23.1 Å². The van der Waals surface area contributed by atoms with Crippen LogP contribution < -0.4 is 4.74 Å². The van der Waals surface area contributed by atoms with Crippen molar-refractivity contribution >= 4 is 17.5 Å². The Kier molecular flexibility index (Phi) is 6.51. The summed E-state index contributed by atoms with van der Waals surface area (Å²) in [5.41, 5.74) is 2.23. The van der Waals surface area contributed by atoms with Crippen molar-refractivity contribution in [2.75, 3.05) is 45.7 Å². The second kappa shape index (κ2) is 9.39. The highest BCUT2D eigenvalue weighted by molar-refractivity contribution is 7.99. The monoisotopic (exact) mass is 470 g/mol. The first-order valence-electron chi connectivity index (χ1n) is 12.0. The number of likely N-dealkylation sites (tertiary alicyclic amines) is 1. The van der Waals surface area contributed by atoms with E-state index in [9.17, 15) is 4.79 Å². The summed E-state index contributed by atoms with van der Waals surface area (Å²) in [4.78, 5) is 14.7.